The van der Waals surface area contributed by atoms with E-state index >= 15 is 0 Å². The molecular weight excluding hydrogens is 108 g/mol. The van der Waals surface area contributed by atoms with Crippen LogP contribution in [0.1, 0.15) is 0 Å². The Morgan fingerprint density at radius 2 is 2.33 bits per heavy atom. The van der Waals surface area contributed by atoms with Gasteiger partial charge in [0.25, 0.3) is 0 Å². The summed E-state index contributed by atoms with van der Waals surface area (Å²) in [7, 11) is 0. The van der Waals surface area contributed by atoms with Gasteiger partial charge in [-0.15, -0.1) is 4.33 Å². The molecule has 0 aliphatic rings. The molecule has 38 valence electrons. The molecule has 0 fully saturated rings. The normalized spacial score (nSPS) is 9.00. The zero-order valence-corrected chi connectivity index (χ0v) is 3.64. The highest BCUT2D eigenvalue weighted by atomic mass is 32.2. The van der Waals surface area contributed by atoms with E-state index in [1.54, 1.807) is 0 Å². The first kappa shape index (κ1) is 6.19. The number of hydrogen-bond donors (Lipinski definition) is 2. The van der Waals surface area contributed by atoms with Gasteiger partial charge in [0, 0.05) is 0 Å². The maximum Gasteiger partial charge on any atom is 0.118 e. The van der Waals surface area contributed by atoms with Crippen molar-refractivity contribution >= 4 is 12.0 Å². The Morgan fingerprint density at radius 1 is 1.67 bits per heavy atom. The smallest absolute Gasteiger partial charge is 0.118 e. The van der Waals surface area contributed by atoms with E-state index in [1.807, 2.05) is 0 Å². The zero-order chi connectivity index (χ0) is 4.83. The van der Waals surface area contributed by atoms with Gasteiger partial charge in [-0.05, 0) is 0 Å². The van der Waals surface area contributed by atoms with E-state index in [9.17, 15) is 0 Å². The Balaban J connectivity index is 2.34. The molecule has 0 unspecified atom stereocenters. The molecule has 4 nitrogen and oxygen atoms in total. The van der Waals surface area contributed by atoms with Crippen LogP contribution in [0.5, 0.6) is 0 Å². The Labute approximate surface area is 38.7 Å². The molecule has 0 aromatic carbocycles. The van der Waals surface area contributed by atoms with Crippen LogP contribution in [0, 0.1) is 0 Å². The predicted octanol–water partition coefficient (Wildman–Crippen LogP) is 0.00560. The largest absolute Gasteiger partial charge is 0.383 e. The fourth-order valence-electron chi connectivity index (χ4n) is 0.0430. The van der Waals surface area contributed by atoms with Crippen LogP contribution in [0.2, 0.25) is 0 Å². The van der Waals surface area contributed by atoms with Crippen LogP contribution in [0.15, 0.2) is 0 Å². The molecular formula is CH4O4S. The van der Waals surface area contributed by atoms with E-state index in [-0.39, 0.29) is 5.94 Å². The van der Waals surface area contributed by atoms with Crippen LogP contribution in [0.3, 0.4) is 0 Å². The Hall–Kier alpha value is 0.190. The quantitative estimate of drug-likeness (QED) is 0.177. The van der Waals surface area contributed by atoms with Gasteiger partial charge in [0.1, 0.15) is 5.94 Å². The van der Waals surface area contributed by atoms with Crippen LogP contribution in [0.4, 0.5) is 0 Å². The monoisotopic (exact) mass is 112 g/mol. The average molecular weight is 112 g/mol. The molecule has 5 heteroatoms. The Morgan fingerprint density at radius 3 is 2.50 bits per heavy atom. The van der Waals surface area contributed by atoms with E-state index in [4.69, 9.17) is 10.4 Å². The van der Waals surface area contributed by atoms with E-state index in [2.05, 4.69) is 9.37 Å². The van der Waals surface area contributed by atoms with E-state index in [1.165, 1.54) is 0 Å². The Bertz CT molecular complexity index is 19.5. The molecule has 2 N–H and O–H groups in total. The molecule has 0 radical (unpaired) electrons. The van der Waals surface area contributed by atoms with Gasteiger partial charge in [-0.25, -0.2) is 5.26 Å². The second-order valence-electron chi connectivity index (χ2n) is 0.390. The lowest BCUT2D eigenvalue weighted by atomic mass is 11.7. The van der Waals surface area contributed by atoms with Gasteiger partial charge in [-0.2, -0.15) is 0 Å². The highest BCUT2D eigenvalue weighted by Crippen LogP contribution is 1.96. The average Bonchev–Trinajstić information content (AvgIpc) is 1.61. The van der Waals surface area contributed by atoms with Crippen LogP contribution in [0.25, 0.3) is 0 Å². The van der Waals surface area contributed by atoms with Crippen LogP contribution in [-0.4, -0.2) is 16.3 Å². The minimum absolute atomic E-state index is 0.236. The van der Waals surface area contributed by atoms with Gasteiger partial charge in [0.2, 0.25) is 0 Å². The number of hydrogen-bond acceptors (Lipinski definition) is 5. The van der Waals surface area contributed by atoms with Gasteiger partial charge in [0.15, 0.2) is 0 Å². The van der Waals surface area contributed by atoms with E-state index < -0.39 is 0 Å². The van der Waals surface area contributed by atoms with E-state index in [0.29, 0.717) is 12.0 Å². The summed E-state index contributed by atoms with van der Waals surface area (Å²) in [5.41, 5.74) is 0. The van der Waals surface area contributed by atoms with Crippen molar-refractivity contribution in [2.24, 2.45) is 0 Å². The zero-order valence-electron chi connectivity index (χ0n) is 2.83. The van der Waals surface area contributed by atoms with Crippen molar-refractivity contribution in [3.05, 3.63) is 0 Å². The SMILES string of the molecule is OCSOOO. The lowest BCUT2D eigenvalue weighted by Crippen LogP contribution is -1.78. The second-order valence-corrected chi connectivity index (χ2v) is 1.02. The first-order chi connectivity index (χ1) is 2.91. The van der Waals surface area contributed by atoms with Gasteiger partial charge >= 0.3 is 0 Å². The van der Waals surface area contributed by atoms with Crippen molar-refractivity contribution in [2.45, 2.75) is 0 Å². The van der Waals surface area contributed by atoms with Gasteiger partial charge in [0.05, 0.1) is 12.0 Å². The maximum atomic E-state index is 7.84. The fourth-order valence-corrected chi connectivity index (χ4v) is 0.129. The molecule has 0 amide bonds. The number of rotatable bonds is 3. The van der Waals surface area contributed by atoms with E-state index in [0.717, 1.165) is 0 Å². The van der Waals surface area contributed by atoms with Crippen LogP contribution < -0.4 is 0 Å². The molecule has 0 bridgehead atoms. The number of aliphatic hydroxyl groups is 1. The van der Waals surface area contributed by atoms with Gasteiger partial charge in [-0.1, -0.05) is 5.04 Å². The summed E-state index contributed by atoms with van der Waals surface area (Å²) in [5.74, 6) is -0.236. The van der Waals surface area contributed by atoms with Crippen molar-refractivity contribution in [3.63, 3.8) is 0 Å². The lowest BCUT2D eigenvalue weighted by molar-refractivity contribution is -0.432. The molecule has 0 heterocycles. The van der Waals surface area contributed by atoms with Crippen molar-refractivity contribution in [3.8, 4) is 0 Å². The fraction of sp³-hybridized carbons (Fsp3) is 1.00. The first-order valence-corrected chi connectivity index (χ1v) is 2.03. The summed E-state index contributed by atoms with van der Waals surface area (Å²) in [6, 6.07) is 0. The minimum Gasteiger partial charge on any atom is -0.383 e. The highest BCUT2D eigenvalue weighted by molar-refractivity contribution is 7.94. The van der Waals surface area contributed by atoms with Crippen molar-refractivity contribution in [1.29, 1.82) is 0 Å². The van der Waals surface area contributed by atoms with Crippen LogP contribution in [-0.2, 0) is 9.37 Å². The maximum absolute atomic E-state index is 7.84. The highest BCUT2D eigenvalue weighted by Gasteiger charge is 1.77. The molecule has 0 aromatic rings. The molecule has 6 heavy (non-hydrogen) atoms. The molecule has 0 aliphatic carbocycles. The summed E-state index contributed by atoms with van der Waals surface area (Å²) in [6.45, 7) is 0. The lowest BCUT2D eigenvalue weighted by Gasteiger charge is -1.85. The van der Waals surface area contributed by atoms with Crippen molar-refractivity contribution < 1.29 is 19.7 Å². The summed E-state index contributed by atoms with van der Waals surface area (Å²) in [4.78, 5) is 0. The second kappa shape index (κ2) is 5.19. The molecule has 0 aliphatic heterocycles. The molecule has 0 spiro atoms. The molecule has 0 rings (SSSR count). The third kappa shape index (κ3) is 4.19. The summed E-state index contributed by atoms with van der Waals surface area (Å²) < 4.78 is 3.70. The minimum atomic E-state index is -0.236. The summed E-state index contributed by atoms with van der Waals surface area (Å²) in [6.07, 6.45) is 0. The standard InChI is InChI=1S/CH4O4S/c2-1-6-5-4-3/h2-3H,1H2. The third-order valence-electron chi connectivity index (χ3n) is 0.131. The predicted molar refractivity (Wildman–Crippen MR) is 19.5 cm³/mol. The molecule has 0 saturated carbocycles. The first-order valence-electron chi connectivity index (χ1n) is 1.12. The van der Waals surface area contributed by atoms with Crippen LogP contribution >= 0.6 is 12.0 Å². The Kier molecular flexibility index (Phi) is 5.35. The molecule has 0 aromatic heterocycles. The van der Waals surface area contributed by atoms with Gasteiger partial charge < -0.3 is 5.11 Å². The van der Waals surface area contributed by atoms with Crippen molar-refractivity contribution in [2.75, 3.05) is 5.94 Å². The molecule has 0 saturated heterocycles. The summed E-state index contributed by atoms with van der Waals surface area (Å²) in [5, 5.41) is 18.3. The summed E-state index contributed by atoms with van der Waals surface area (Å²) >= 11 is 0.591. The third-order valence-corrected chi connectivity index (χ3v) is 0.394. The van der Waals surface area contributed by atoms with Crippen molar-refractivity contribution in [1.82, 2.24) is 0 Å². The molecule has 0 atom stereocenters. The van der Waals surface area contributed by atoms with Gasteiger partial charge in [-0.3, -0.25) is 0 Å². The topological polar surface area (TPSA) is 58.9 Å². The number of aliphatic hydroxyl groups excluding tert-OH is 1.